The molecule has 4 nitrogen and oxygen atoms in total. The van der Waals surface area contributed by atoms with Crippen LogP contribution < -0.4 is 5.73 Å². The monoisotopic (exact) mass is 373 g/mol. The number of hydrogen-bond acceptors (Lipinski definition) is 4. The number of hydrogen-bond donors (Lipinski definition) is 2. The topological polar surface area (TPSA) is 62.4 Å². The number of pyridine rings is 1. The van der Waals surface area contributed by atoms with Crippen molar-refractivity contribution >= 4 is 22.7 Å². The van der Waals surface area contributed by atoms with Gasteiger partial charge in [-0.15, -0.1) is 0 Å². The summed E-state index contributed by atoms with van der Waals surface area (Å²) in [6.45, 7) is 4.67. The zero-order valence-corrected chi connectivity index (χ0v) is 16.6. The van der Waals surface area contributed by atoms with Gasteiger partial charge in [0.1, 0.15) is 5.75 Å². The van der Waals surface area contributed by atoms with E-state index >= 15 is 0 Å². The maximum atomic E-state index is 10.3. The van der Waals surface area contributed by atoms with Crippen LogP contribution >= 0.6 is 0 Å². The van der Waals surface area contributed by atoms with Gasteiger partial charge in [-0.05, 0) is 81.2 Å². The number of nitrogens with two attached hydrogens (primary N) is 1. The van der Waals surface area contributed by atoms with Crippen LogP contribution in [0.4, 0.5) is 5.69 Å². The highest BCUT2D eigenvalue weighted by atomic mass is 16.3. The molecule has 1 heterocycles. The summed E-state index contributed by atoms with van der Waals surface area (Å²) >= 11 is 0. The van der Waals surface area contributed by atoms with Crippen LogP contribution in [0.5, 0.6) is 5.75 Å². The first-order valence-corrected chi connectivity index (χ1v) is 9.83. The Labute approximate surface area is 166 Å². The summed E-state index contributed by atoms with van der Waals surface area (Å²) in [5, 5.41) is 11.4. The van der Waals surface area contributed by atoms with E-state index in [4.69, 9.17) is 10.7 Å². The summed E-state index contributed by atoms with van der Waals surface area (Å²) in [5.41, 5.74) is 14.6. The number of nitrogen functional groups attached to an aromatic ring is 1. The molecule has 0 unspecified atom stereocenters. The molecule has 1 aliphatic carbocycles. The standard InChI is InChI=1S/C24H27N3O/c1-4-17-20(25)10-11-21-23(17)18-7-5-6-8-19(18)24(26-21)15-9-12-22(28)16(13-15)14-27(2)3/h4,9-13,28H,1,5-8,14,25H2,2-3H3. The molecular formula is C24H27N3O. The highest BCUT2D eigenvalue weighted by Crippen LogP contribution is 2.39. The number of phenols is 1. The Bertz CT molecular complexity index is 1070. The average molecular weight is 374 g/mol. The average Bonchev–Trinajstić information content (AvgIpc) is 2.69. The van der Waals surface area contributed by atoms with Gasteiger partial charge in [-0.2, -0.15) is 0 Å². The second kappa shape index (κ2) is 7.28. The molecule has 1 aromatic heterocycles. The fourth-order valence-electron chi connectivity index (χ4n) is 4.32. The van der Waals surface area contributed by atoms with E-state index in [9.17, 15) is 5.11 Å². The number of benzene rings is 2. The molecule has 0 aliphatic heterocycles. The lowest BCUT2D eigenvalue weighted by Crippen LogP contribution is -2.11. The number of fused-ring (bicyclic) bond motifs is 3. The lowest BCUT2D eigenvalue weighted by atomic mass is 9.84. The zero-order chi connectivity index (χ0) is 19.8. The predicted octanol–water partition coefficient (Wildman–Crippen LogP) is 4.77. The quantitative estimate of drug-likeness (QED) is 0.647. The fourth-order valence-corrected chi connectivity index (χ4v) is 4.32. The van der Waals surface area contributed by atoms with Crippen LogP contribution in [0.1, 0.15) is 35.1 Å². The number of rotatable bonds is 4. The van der Waals surface area contributed by atoms with Crippen molar-refractivity contribution in [1.82, 2.24) is 9.88 Å². The minimum Gasteiger partial charge on any atom is -0.508 e. The Hall–Kier alpha value is -2.85. The number of aromatic hydroxyl groups is 1. The van der Waals surface area contributed by atoms with Gasteiger partial charge in [-0.1, -0.05) is 12.7 Å². The van der Waals surface area contributed by atoms with E-state index in [1.165, 1.54) is 24.0 Å². The van der Waals surface area contributed by atoms with Gasteiger partial charge in [0.15, 0.2) is 0 Å². The molecule has 0 saturated carbocycles. The third-order valence-corrected chi connectivity index (χ3v) is 5.59. The van der Waals surface area contributed by atoms with Crippen LogP contribution in [0.25, 0.3) is 28.2 Å². The lowest BCUT2D eigenvalue weighted by molar-refractivity contribution is 0.386. The predicted molar refractivity (Wildman–Crippen MR) is 117 cm³/mol. The SMILES string of the molecule is C=Cc1c(N)ccc2nc(-c3ccc(O)c(CN(C)C)c3)c3c(c12)CCCC3. The zero-order valence-electron chi connectivity index (χ0n) is 16.6. The van der Waals surface area contributed by atoms with Crippen molar-refractivity contribution < 1.29 is 5.11 Å². The molecule has 3 aromatic rings. The molecule has 3 N–H and O–H groups in total. The molecule has 0 amide bonds. The smallest absolute Gasteiger partial charge is 0.120 e. The molecule has 0 bridgehead atoms. The molecular weight excluding hydrogens is 346 g/mol. The van der Waals surface area contributed by atoms with Gasteiger partial charge < -0.3 is 15.7 Å². The Kier molecular flexibility index (Phi) is 4.82. The van der Waals surface area contributed by atoms with Crippen molar-refractivity contribution in [2.24, 2.45) is 0 Å². The minimum absolute atomic E-state index is 0.328. The first-order chi connectivity index (χ1) is 13.5. The van der Waals surface area contributed by atoms with Crippen molar-refractivity contribution in [3.8, 4) is 17.0 Å². The van der Waals surface area contributed by atoms with Crippen LogP contribution in [0.15, 0.2) is 36.9 Å². The van der Waals surface area contributed by atoms with E-state index < -0.39 is 0 Å². The molecule has 28 heavy (non-hydrogen) atoms. The van der Waals surface area contributed by atoms with Crippen LogP contribution in [-0.4, -0.2) is 29.1 Å². The summed E-state index contributed by atoms with van der Waals surface area (Å²) in [5.74, 6) is 0.328. The van der Waals surface area contributed by atoms with Gasteiger partial charge in [0.25, 0.3) is 0 Å². The minimum atomic E-state index is 0.328. The molecule has 0 spiro atoms. The summed E-state index contributed by atoms with van der Waals surface area (Å²) in [4.78, 5) is 7.12. The molecule has 0 radical (unpaired) electrons. The van der Waals surface area contributed by atoms with Gasteiger partial charge in [0.2, 0.25) is 0 Å². The van der Waals surface area contributed by atoms with E-state index in [1.807, 2.05) is 38.4 Å². The first-order valence-electron chi connectivity index (χ1n) is 9.83. The van der Waals surface area contributed by atoms with E-state index in [2.05, 4.69) is 17.5 Å². The summed E-state index contributed by atoms with van der Waals surface area (Å²) in [6, 6.07) is 9.76. The second-order valence-electron chi connectivity index (χ2n) is 7.87. The molecule has 144 valence electrons. The number of phenolic OH excluding ortho intramolecular Hbond substituents is 1. The number of aromatic nitrogens is 1. The normalized spacial score (nSPS) is 13.7. The maximum Gasteiger partial charge on any atom is 0.120 e. The fraction of sp³-hybridized carbons (Fsp3) is 0.292. The molecule has 2 aromatic carbocycles. The summed E-state index contributed by atoms with van der Waals surface area (Å²) in [7, 11) is 4.01. The maximum absolute atomic E-state index is 10.3. The molecule has 4 heteroatoms. The molecule has 0 atom stereocenters. The largest absolute Gasteiger partial charge is 0.508 e. The van der Waals surface area contributed by atoms with E-state index in [0.717, 1.165) is 51.8 Å². The van der Waals surface area contributed by atoms with Gasteiger partial charge >= 0.3 is 0 Å². The van der Waals surface area contributed by atoms with Crippen molar-refractivity contribution in [3.05, 3.63) is 59.2 Å². The highest BCUT2D eigenvalue weighted by Gasteiger charge is 2.21. The highest BCUT2D eigenvalue weighted by molar-refractivity contribution is 5.98. The second-order valence-corrected chi connectivity index (χ2v) is 7.87. The van der Waals surface area contributed by atoms with Gasteiger partial charge in [-0.25, -0.2) is 4.98 Å². The van der Waals surface area contributed by atoms with Crippen LogP contribution in [-0.2, 0) is 19.4 Å². The lowest BCUT2D eigenvalue weighted by Gasteiger charge is -2.23. The van der Waals surface area contributed by atoms with Gasteiger partial charge in [0, 0.05) is 34.3 Å². The summed E-state index contributed by atoms with van der Waals surface area (Å²) in [6.07, 6.45) is 6.25. The molecule has 1 aliphatic rings. The summed E-state index contributed by atoms with van der Waals surface area (Å²) < 4.78 is 0. The van der Waals surface area contributed by atoms with Crippen LogP contribution in [0, 0.1) is 0 Å². The first kappa shape index (κ1) is 18.5. The number of aryl methyl sites for hydroxylation is 1. The Morgan fingerprint density at radius 2 is 1.89 bits per heavy atom. The molecule has 0 fully saturated rings. The van der Waals surface area contributed by atoms with E-state index in [-0.39, 0.29) is 0 Å². The molecule has 4 rings (SSSR count). The van der Waals surface area contributed by atoms with Crippen molar-refractivity contribution in [2.45, 2.75) is 32.2 Å². The van der Waals surface area contributed by atoms with E-state index in [1.54, 1.807) is 6.07 Å². The van der Waals surface area contributed by atoms with Gasteiger partial charge in [-0.3, -0.25) is 0 Å². The number of anilines is 1. The van der Waals surface area contributed by atoms with Crippen LogP contribution in [0.3, 0.4) is 0 Å². The Morgan fingerprint density at radius 1 is 1.14 bits per heavy atom. The Balaban J connectivity index is 1.99. The number of nitrogens with zero attached hydrogens (tertiary/aromatic N) is 2. The van der Waals surface area contributed by atoms with E-state index in [0.29, 0.717) is 12.3 Å². The molecule has 0 saturated heterocycles. The van der Waals surface area contributed by atoms with Crippen molar-refractivity contribution in [3.63, 3.8) is 0 Å². The Morgan fingerprint density at radius 3 is 2.61 bits per heavy atom. The van der Waals surface area contributed by atoms with Crippen LogP contribution in [0.2, 0.25) is 0 Å². The van der Waals surface area contributed by atoms with Crippen molar-refractivity contribution in [2.75, 3.05) is 19.8 Å². The van der Waals surface area contributed by atoms with Crippen molar-refractivity contribution in [1.29, 1.82) is 0 Å². The third kappa shape index (κ3) is 3.14. The third-order valence-electron chi connectivity index (χ3n) is 5.59. The van der Waals surface area contributed by atoms with Gasteiger partial charge in [0.05, 0.1) is 11.2 Å².